The van der Waals surface area contributed by atoms with Gasteiger partial charge >= 0.3 is 0 Å². The third-order valence-electron chi connectivity index (χ3n) is 3.17. The maximum absolute atomic E-state index is 5.66. The Morgan fingerprint density at radius 3 is 3.17 bits per heavy atom. The van der Waals surface area contributed by atoms with E-state index in [2.05, 4.69) is 18.2 Å². The number of hydrogen-bond acceptors (Lipinski definition) is 3. The van der Waals surface area contributed by atoms with E-state index < -0.39 is 0 Å². The second-order valence-corrected chi connectivity index (χ2v) is 4.57. The van der Waals surface area contributed by atoms with Gasteiger partial charge in [-0.25, -0.2) is 0 Å². The zero-order valence-corrected chi connectivity index (χ0v) is 10.9. The molecule has 1 aromatic rings. The maximum Gasteiger partial charge on any atom is 0.124 e. The predicted molar refractivity (Wildman–Crippen MR) is 71.9 cm³/mol. The zero-order chi connectivity index (χ0) is 13.0. The van der Waals surface area contributed by atoms with Crippen molar-refractivity contribution in [2.45, 2.75) is 31.8 Å². The van der Waals surface area contributed by atoms with Crippen molar-refractivity contribution in [3.05, 3.63) is 23.8 Å². The summed E-state index contributed by atoms with van der Waals surface area (Å²) < 4.78 is 10.9. The van der Waals surface area contributed by atoms with Crippen LogP contribution in [0.5, 0.6) is 11.5 Å². The Kier molecular flexibility index (Phi) is 4.11. The van der Waals surface area contributed by atoms with E-state index in [9.17, 15) is 0 Å². The first kappa shape index (κ1) is 12.8. The molecule has 2 atom stereocenters. The molecular weight excluding hydrogens is 226 g/mol. The lowest BCUT2D eigenvalue weighted by molar-refractivity contribution is 0.245. The first-order valence-corrected chi connectivity index (χ1v) is 6.25. The average molecular weight is 245 g/mol. The SMILES string of the molecule is C#CCC(C)NC1CCOc2ccc(OC)cc21. The number of nitrogens with one attached hydrogen (secondary N) is 1. The van der Waals surface area contributed by atoms with E-state index in [-0.39, 0.29) is 6.04 Å². The summed E-state index contributed by atoms with van der Waals surface area (Å²) in [6.07, 6.45) is 7.03. The summed E-state index contributed by atoms with van der Waals surface area (Å²) in [5.41, 5.74) is 1.16. The highest BCUT2D eigenvalue weighted by Gasteiger charge is 2.23. The second kappa shape index (κ2) is 5.79. The van der Waals surface area contributed by atoms with Crippen LogP contribution in [0, 0.1) is 12.3 Å². The first-order valence-electron chi connectivity index (χ1n) is 6.25. The number of rotatable bonds is 4. The van der Waals surface area contributed by atoms with Gasteiger partial charge in [0.05, 0.1) is 13.7 Å². The van der Waals surface area contributed by atoms with Crippen LogP contribution in [0.1, 0.15) is 31.4 Å². The number of fused-ring (bicyclic) bond motifs is 1. The largest absolute Gasteiger partial charge is 0.497 e. The molecule has 0 saturated heterocycles. The van der Waals surface area contributed by atoms with Crippen molar-refractivity contribution in [2.75, 3.05) is 13.7 Å². The molecule has 1 N–H and O–H groups in total. The first-order chi connectivity index (χ1) is 8.74. The highest BCUT2D eigenvalue weighted by atomic mass is 16.5. The highest BCUT2D eigenvalue weighted by molar-refractivity contribution is 5.43. The van der Waals surface area contributed by atoms with E-state index in [0.717, 1.165) is 36.5 Å². The number of ether oxygens (including phenoxy) is 2. The van der Waals surface area contributed by atoms with Crippen LogP contribution in [0.4, 0.5) is 0 Å². The van der Waals surface area contributed by atoms with Crippen LogP contribution in [0.2, 0.25) is 0 Å². The zero-order valence-electron chi connectivity index (χ0n) is 10.9. The van der Waals surface area contributed by atoms with E-state index in [4.69, 9.17) is 15.9 Å². The van der Waals surface area contributed by atoms with Gasteiger partial charge in [0.15, 0.2) is 0 Å². The van der Waals surface area contributed by atoms with Gasteiger partial charge in [0.1, 0.15) is 11.5 Å². The van der Waals surface area contributed by atoms with Gasteiger partial charge < -0.3 is 14.8 Å². The molecule has 18 heavy (non-hydrogen) atoms. The number of hydrogen-bond donors (Lipinski definition) is 1. The Bertz CT molecular complexity index is 450. The fraction of sp³-hybridized carbons (Fsp3) is 0.467. The van der Waals surface area contributed by atoms with Gasteiger partial charge in [0.25, 0.3) is 0 Å². The number of terminal acetylenes is 1. The summed E-state index contributed by atoms with van der Waals surface area (Å²) in [6.45, 7) is 2.84. The summed E-state index contributed by atoms with van der Waals surface area (Å²) in [6, 6.07) is 6.51. The molecule has 1 aliphatic rings. The van der Waals surface area contributed by atoms with Gasteiger partial charge in [-0.05, 0) is 25.1 Å². The minimum absolute atomic E-state index is 0.284. The molecule has 0 spiro atoms. The summed E-state index contributed by atoms with van der Waals surface area (Å²) in [4.78, 5) is 0. The van der Waals surface area contributed by atoms with Crippen molar-refractivity contribution in [1.82, 2.24) is 5.32 Å². The van der Waals surface area contributed by atoms with E-state index in [1.54, 1.807) is 7.11 Å². The van der Waals surface area contributed by atoms with Crippen molar-refractivity contribution in [3.8, 4) is 23.8 Å². The molecule has 3 nitrogen and oxygen atoms in total. The third-order valence-corrected chi connectivity index (χ3v) is 3.17. The molecule has 3 heteroatoms. The molecule has 0 fully saturated rings. The van der Waals surface area contributed by atoms with Crippen LogP contribution in [0.25, 0.3) is 0 Å². The Hall–Kier alpha value is -1.66. The van der Waals surface area contributed by atoms with Crippen molar-refractivity contribution in [1.29, 1.82) is 0 Å². The molecule has 2 unspecified atom stereocenters. The lowest BCUT2D eigenvalue weighted by Crippen LogP contribution is -2.33. The van der Waals surface area contributed by atoms with Gasteiger partial charge in [-0.3, -0.25) is 0 Å². The van der Waals surface area contributed by atoms with E-state index >= 15 is 0 Å². The van der Waals surface area contributed by atoms with Gasteiger partial charge in [-0.2, -0.15) is 0 Å². The molecule has 1 heterocycles. The molecular formula is C15H19NO2. The van der Waals surface area contributed by atoms with E-state index in [1.165, 1.54) is 0 Å². The smallest absolute Gasteiger partial charge is 0.124 e. The number of benzene rings is 1. The second-order valence-electron chi connectivity index (χ2n) is 4.57. The van der Waals surface area contributed by atoms with Crippen molar-refractivity contribution < 1.29 is 9.47 Å². The maximum atomic E-state index is 5.66. The molecule has 0 saturated carbocycles. The summed E-state index contributed by atoms with van der Waals surface area (Å²) >= 11 is 0. The van der Waals surface area contributed by atoms with Crippen molar-refractivity contribution in [3.63, 3.8) is 0 Å². The summed E-state index contributed by atoms with van der Waals surface area (Å²) in [5, 5.41) is 3.55. The molecule has 0 bridgehead atoms. The Balaban J connectivity index is 2.18. The fourth-order valence-electron chi connectivity index (χ4n) is 2.25. The van der Waals surface area contributed by atoms with Crippen LogP contribution in [-0.2, 0) is 0 Å². The monoisotopic (exact) mass is 245 g/mol. The average Bonchev–Trinajstić information content (AvgIpc) is 2.39. The fourth-order valence-corrected chi connectivity index (χ4v) is 2.25. The molecule has 2 rings (SSSR count). The van der Waals surface area contributed by atoms with Crippen LogP contribution >= 0.6 is 0 Å². The Morgan fingerprint density at radius 1 is 1.61 bits per heavy atom. The quantitative estimate of drug-likeness (QED) is 0.827. The molecule has 96 valence electrons. The third kappa shape index (κ3) is 2.77. The molecule has 1 aliphatic heterocycles. The van der Waals surface area contributed by atoms with Crippen LogP contribution in [0.3, 0.4) is 0 Å². The summed E-state index contributed by atoms with van der Waals surface area (Å²) in [5.74, 6) is 4.48. The summed E-state index contributed by atoms with van der Waals surface area (Å²) in [7, 11) is 1.68. The lowest BCUT2D eigenvalue weighted by Gasteiger charge is -2.29. The van der Waals surface area contributed by atoms with E-state index in [1.807, 2.05) is 18.2 Å². The number of methoxy groups -OCH3 is 1. The Morgan fingerprint density at radius 2 is 2.44 bits per heavy atom. The molecule has 0 aliphatic carbocycles. The minimum atomic E-state index is 0.284. The van der Waals surface area contributed by atoms with Gasteiger partial charge in [-0.15, -0.1) is 12.3 Å². The van der Waals surface area contributed by atoms with Crippen LogP contribution < -0.4 is 14.8 Å². The lowest BCUT2D eigenvalue weighted by atomic mass is 9.99. The van der Waals surface area contributed by atoms with Gasteiger partial charge in [0.2, 0.25) is 0 Å². The van der Waals surface area contributed by atoms with Crippen LogP contribution in [0.15, 0.2) is 18.2 Å². The minimum Gasteiger partial charge on any atom is -0.497 e. The van der Waals surface area contributed by atoms with Crippen molar-refractivity contribution >= 4 is 0 Å². The highest BCUT2D eigenvalue weighted by Crippen LogP contribution is 2.35. The van der Waals surface area contributed by atoms with E-state index in [0.29, 0.717) is 6.04 Å². The predicted octanol–water partition coefficient (Wildman–Crippen LogP) is 2.52. The molecule has 0 aromatic heterocycles. The van der Waals surface area contributed by atoms with Crippen molar-refractivity contribution in [2.24, 2.45) is 0 Å². The molecule has 0 radical (unpaired) electrons. The normalized spacial score (nSPS) is 19.3. The van der Waals surface area contributed by atoms with Gasteiger partial charge in [-0.1, -0.05) is 0 Å². The van der Waals surface area contributed by atoms with Crippen LogP contribution in [-0.4, -0.2) is 19.8 Å². The molecule has 1 aromatic carbocycles. The standard InChI is InChI=1S/C15H19NO2/c1-4-5-11(2)16-14-8-9-18-15-7-6-12(17-3)10-13(14)15/h1,6-7,10-11,14,16H,5,8-9H2,2-3H3. The molecule has 0 amide bonds. The van der Waals surface area contributed by atoms with Gasteiger partial charge in [0, 0.05) is 30.5 Å². The Labute approximate surface area is 108 Å². The topological polar surface area (TPSA) is 30.5 Å².